The topological polar surface area (TPSA) is 61.0 Å². The van der Waals surface area contributed by atoms with E-state index < -0.39 is 0 Å². The maximum Gasteiger partial charge on any atom is 0.140 e. The lowest BCUT2D eigenvalue weighted by Gasteiger charge is -2.22. The summed E-state index contributed by atoms with van der Waals surface area (Å²) in [4.78, 5) is 8.76. The van der Waals surface area contributed by atoms with E-state index in [1.807, 2.05) is 6.92 Å². The lowest BCUT2D eigenvalue weighted by Crippen LogP contribution is -2.23. The summed E-state index contributed by atoms with van der Waals surface area (Å²) in [5.74, 6) is 1.39. The number of rotatable bonds is 2. The fraction of sp³-hybridized carbons (Fsp3) is 0.636. The fourth-order valence-corrected chi connectivity index (χ4v) is 2.15. The van der Waals surface area contributed by atoms with Crippen LogP contribution in [0.2, 0.25) is 0 Å². The van der Waals surface area contributed by atoms with Crippen molar-refractivity contribution in [3.05, 3.63) is 15.1 Å². The third kappa shape index (κ3) is 2.82. The quantitative estimate of drug-likeness (QED) is 0.842. The molecule has 5 heteroatoms. The van der Waals surface area contributed by atoms with Gasteiger partial charge in [0.25, 0.3) is 0 Å². The van der Waals surface area contributed by atoms with Crippen molar-refractivity contribution in [3.8, 4) is 0 Å². The summed E-state index contributed by atoms with van der Waals surface area (Å²) in [5.41, 5.74) is 6.78. The van der Waals surface area contributed by atoms with Gasteiger partial charge >= 0.3 is 0 Å². The fourth-order valence-electron chi connectivity index (χ4n) is 1.90. The Morgan fingerprint density at radius 1 is 1.44 bits per heavy atom. The average Bonchev–Trinajstić information content (AvgIpc) is 2.27. The van der Waals surface area contributed by atoms with Crippen LogP contribution in [0.3, 0.4) is 0 Å². The van der Waals surface area contributed by atoms with Gasteiger partial charge < -0.3 is 10.5 Å². The van der Waals surface area contributed by atoms with Crippen LogP contribution < -0.4 is 5.73 Å². The van der Waals surface area contributed by atoms with Crippen molar-refractivity contribution in [2.75, 3.05) is 12.3 Å². The van der Waals surface area contributed by atoms with Crippen LogP contribution in [0.1, 0.15) is 30.8 Å². The second kappa shape index (κ2) is 5.27. The van der Waals surface area contributed by atoms with Gasteiger partial charge in [-0.3, -0.25) is 0 Å². The van der Waals surface area contributed by atoms with Crippen LogP contribution >= 0.6 is 22.6 Å². The van der Waals surface area contributed by atoms with E-state index in [0.717, 1.165) is 34.5 Å². The molecule has 88 valence electrons. The van der Waals surface area contributed by atoms with Crippen molar-refractivity contribution in [1.82, 2.24) is 9.97 Å². The maximum atomic E-state index is 5.83. The molecule has 1 aliphatic heterocycles. The van der Waals surface area contributed by atoms with Crippen LogP contribution in [0.25, 0.3) is 0 Å². The van der Waals surface area contributed by atoms with Crippen LogP contribution in [0, 0.1) is 10.5 Å². The average molecular weight is 333 g/mol. The maximum absolute atomic E-state index is 5.83. The molecule has 1 aliphatic rings. The molecule has 2 heterocycles. The second-order valence-electron chi connectivity index (χ2n) is 4.12. The highest BCUT2D eigenvalue weighted by Crippen LogP contribution is 2.19. The highest BCUT2D eigenvalue weighted by Gasteiger charge is 2.17. The Hall–Kier alpha value is -0.430. The lowest BCUT2D eigenvalue weighted by molar-refractivity contribution is 0.0156. The van der Waals surface area contributed by atoms with Gasteiger partial charge in [-0.05, 0) is 48.8 Å². The molecule has 16 heavy (non-hydrogen) atoms. The molecule has 0 bridgehead atoms. The number of nitrogens with two attached hydrogens (primary N) is 1. The van der Waals surface area contributed by atoms with Gasteiger partial charge in [-0.2, -0.15) is 0 Å². The summed E-state index contributed by atoms with van der Waals surface area (Å²) in [6, 6.07) is 0. The SMILES string of the molecule is Cc1nc(CC2CCCCO2)nc(N)c1I. The molecular weight excluding hydrogens is 317 g/mol. The molecule has 4 nitrogen and oxygen atoms in total. The molecule has 0 saturated carbocycles. The monoisotopic (exact) mass is 333 g/mol. The van der Waals surface area contributed by atoms with Crippen LogP contribution in [0.15, 0.2) is 0 Å². The van der Waals surface area contributed by atoms with Crippen LogP contribution in [-0.4, -0.2) is 22.7 Å². The molecule has 1 atom stereocenters. The molecule has 1 fully saturated rings. The smallest absolute Gasteiger partial charge is 0.140 e. The predicted octanol–water partition coefficient (Wildman–Crippen LogP) is 2.08. The standard InChI is InChI=1S/C11H16IN3O/c1-7-10(12)11(13)15-9(14-7)6-8-4-2-3-5-16-8/h8H,2-6H2,1H3,(H2,13,14,15). The Balaban J connectivity index is 2.09. The third-order valence-electron chi connectivity index (χ3n) is 2.77. The van der Waals surface area contributed by atoms with Gasteiger partial charge in [-0.15, -0.1) is 0 Å². The van der Waals surface area contributed by atoms with Gasteiger partial charge in [0.2, 0.25) is 0 Å². The first-order chi connectivity index (χ1) is 7.66. The van der Waals surface area contributed by atoms with E-state index in [9.17, 15) is 0 Å². The Labute approximate surface area is 109 Å². The first-order valence-electron chi connectivity index (χ1n) is 5.57. The molecule has 0 radical (unpaired) electrons. The molecule has 1 aromatic rings. The number of nitrogen functional groups attached to an aromatic ring is 1. The molecule has 2 rings (SSSR count). The molecule has 2 N–H and O–H groups in total. The van der Waals surface area contributed by atoms with Gasteiger partial charge in [0.1, 0.15) is 11.6 Å². The highest BCUT2D eigenvalue weighted by molar-refractivity contribution is 14.1. The first kappa shape index (κ1) is 12.0. The number of hydrogen-bond donors (Lipinski definition) is 1. The number of hydrogen-bond acceptors (Lipinski definition) is 4. The molecule has 1 aromatic heterocycles. The zero-order valence-electron chi connectivity index (χ0n) is 9.37. The van der Waals surface area contributed by atoms with Crippen molar-refractivity contribution in [2.45, 2.75) is 38.7 Å². The van der Waals surface area contributed by atoms with E-state index in [1.165, 1.54) is 12.8 Å². The van der Waals surface area contributed by atoms with Gasteiger partial charge in [0.05, 0.1) is 15.4 Å². The van der Waals surface area contributed by atoms with Gasteiger partial charge in [0, 0.05) is 13.0 Å². The number of halogens is 1. The highest BCUT2D eigenvalue weighted by atomic mass is 127. The minimum atomic E-state index is 0.271. The van der Waals surface area contributed by atoms with Crippen molar-refractivity contribution in [2.24, 2.45) is 0 Å². The summed E-state index contributed by atoms with van der Waals surface area (Å²) in [6.45, 7) is 2.83. The normalized spacial score (nSPS) is 21.0. The Bertz CT molecular complexity index is 354. The van der Waals surface area contributed by atoms with E-state index in [4.69, 9.17) is 10.5 Å². The molecule has 1 saturated heterocycles. The van der Waals surface area contributed by atoms with Crippen molar-refractivity contribution in [1.29, 1.82) is 0 Å². The Morgan fingerprint density at radius 3 is 2.88 bits per heavy atom. The van der Waals surface area contributed by atoms with Crippen LogP contribution in [-0.2, 0) is 11.2 Å². The zero-order chi connectivity index (χ0) is 11.5. The number of aryl methyl sites for hydroxylation is 1. The van der Waals surface area contributed by atoms with Crippen molar-refractivity contribution < 1.29 is 4.74 Å². The Kier molecular flexibility index (Phi) is 3.96. The number of aromatic nitrogens is 2. The summed E-state index contributed by atoms with van der Waals surface area (Å²) in [6.07, 6.45) is 4.57. The van der Waals surface area contributed by atoms with E-state index in [-0.39, 0.29) is 6.10 Å². The molecule has 0 aromatic carbocycles. The van der Waals surface area contributed by atoms with E-state index in [2.05, 4.69) is 32.6 Å². The molecular formula is C11H16IN3O. The van der Waals surface area contributed by atoms with Gasteiger partial charge in [0.15, 0.2) is 0 Å². The number of anilines is 1. The van der Waals surface area contributed by atoms with Crippen molar-refractivity contribution >= 4 is 28.4 Å². The van der Waals surface area contributed by atoms with Crippen molar-refractivity contribution in [3.63, 3.8) is 0 Å². The van der Waals surface area contributed by atoms with Gasteiger partial charge in [-0.25, -0.2) is 9.97 Å². The Morgan fingerprint density at radius 2 is 2.25 bits per heavy atom. The molecule has 1 unspecified atom stereocenters. The van der Waals surface area contributed by atoms with Gasteiger partial charge in [-0.1, -0.05) is 0 Å². The minimum Gasteiger partial charge on any atom is -0.383 e. The first-order valence-corrected chi connectivity index (χ1v) is 6.65. The second-order valence-corrected chi connectivity index (χ2v) is 5.20. The van der Waals surface area contributed by atoms with Crippen LogP contribution in [0.5, 0.6) is 0 Å². The largest absolute Gasteiger partial charge is 0.383 e. The summed E-state index contributed by atoms with van der Waals surface area (Å²) in [5, 5.41) is 0. The summed E-state index contributed by atoms with van der Waals surface area (Å²) < 4.78 is 6.62. The minimum absolute atomic E-state index is 0.271. The number of nitrogens with zero attached hydrogens (tertiary/aromatic N) is 2. The van der Waals surface area contributed by atoms with Crippen LogP contribution in [0.4, 0.5) is 5.82 Å². The zero-order valence-corrected chi connectivity index (χ0v) is 11.5. The summed E-state index contributed by atoms with van der Waals surface area (Å²) in [7, 11) is 0. The predicted molar refractivity (Wildman–Crippen MR) is 71.2 cm³/mol. The van der Waals surface area contributed by atoms with E-state index >= 15 is 0 Å². The third-order valence-corrected chi connectivity index (χ3v) is 4.11. The van der Waals surface area contributed by atoms with E-state index in [0.29, 0.717) is 5.82 Å². The lowest BCUT2D eigenvalue weighted by atomic mass is 10.1. The van der Waals surface area contributed by atoms with E-state index in [1.54, 1.807) is 0 Å². The summed E-state index contributed by atoms with van der Waals surface area (Å²) >= 11 is 2.18. The number of ether oxygens (including phenoxy) is 1. The molecule has 0 amide bonds. The molecule has 0 aliphatic carbocycles. The molecule has 0 spiro atoms.